The summed E-state index contributed by atoms with van der Waals surface area (Å²) in [5.41, 5.74) is 0.899. The maximum atomic E-state index is 11.0. The highest BCUT2D eigenvalue weighted by atomic mass is 32.2. The molecule has 20 heavy (non-hydrogen) atoms. The summed E-state index contributed by atoms with van der Waals surface area (Å²) >= 11 is 1.26. The number of rotatable bonds is 5. The van der Waals surface area contributed by atoms with Crippen LogP contribution in [0, 0.1) is 17.0 Å². The van der Waals surface area contributed by atoms with Crippen LogP contribution >= 0.6 is 11.8 Å². The van der Waals surface area contributed by atoms with Crippen molar-refractivity contribution < 1.29 is 4.92 Å². The summed E-state index contributed by atoms with van der Waals surface area (Å²) in [4.78, 5) is 19.8. The lowest BCUT2D eigenvalue weighted by atomic mass is 10.3. The molecule has 2 aromatic rings. The molecule has 0 fully saturated rings. The summed E-state index contributed by atoms with van der Waals surface area (Å²) in [6, 6.07) is 8.43. The molecule has 7 heteroatoms. The van der Waals surface area contributed by atoms with Gasteiger partial charge in [-0.25, -0.2) is 9.97 Å². The minimum atomic E-state index is -0.387. The molecule has 0 radical (unpaired) electrons. The van der Waals surface area contributed by atoms with Gasteiger partial charge in [0.15, 0.2) is 0 Å². The van der Waals surface area contributed by atoms with Gasteiger partial charge in [0, 0.05) is 18.3 Å². The zero-order valence-electron chi connectivity index (χ0n) is 11.2. The van der Waals surface area contributed by atoms with E-state index in [-0.39, 0.29) is 10.6 Å². The molecule has 104 valence electrons. The largest absolute Gasteiger partial charge is 0.354 e. The zero-order valence-corrected chi connectivity index (χ0v) is 12.0. The van der Waals surface area contributed by atoms with Gasteiger partial charge in [-0.2, -0.15) is 0 Å². The fourth-order valence-corrected chi connectivity index (χ4v) is 2.62. The Balaban J connectivity index is 2.32. The van der Waals surface area contributed by atoms with Crippen LogP contribution < -0.4 is 5.32 Å². The van der Waals surface area contributed by atoms with Crippen LogP contribution in [0.25, 0.3) is 0 Å². The predicted molar refractivity (Wildman–Crippen MR) is 78.2 cm³/mol. The SMILES string of the molecule is CCNc1nc(C)cc(Sc2ccccc2[N+](=O)[O-])n1. The maximum absolute atomic E-state index is 11.0. The quantitative estimate of drug-likeness (QED) is 0.517. The molecule has 0 atom stereocenters. The number of aromatic nitrogens is 2. The number of aryl methyl sites for hydroxylation is 1. The number of benzene rings is 1. The number of nitrogens with one attached hydrogen (secondary N) is 1. The molecule has 1 aromatic heterocycles. The van der Waals surface area contributed by atoms with E-state index < -0.39 is 0 Å². The van der Waals surface area contributed by atoms with Crippen molar-refractivity contribution in [1.29, 1.82) is 0 Å². The number of nitro groups is 1. The Kier molecular flexibility index (Phi) is 4.52. The number of anilines is 1. The smallest absolute Gasteiger partial charge is 0.283 e. The third-order valence-corrected chi connectivity index (χ3v) is 3.43. The van der Waals surface area contributed by atoms with Crippen molar-refractivity contribution in [3.05, 3.63) is 46.1 Å². The Labute approximate surface area is 120 Å². The van der Waals surface area contributed by atoms with Crippen molar-refractivity contribution in [2.24, 2.45) is 0 Å². The molecular weight excluding hydrogens is 276 g/mol. The standard InChI is InChI=1S/C13H14N4O2S/c1-3-14-13-15-9(2)8-12(16-13)20-11-7-5-4-6-10(11)17(18)19/h4-8H,3H2,1-2H3,(H,14,15,16). The predicted octanol–water partition coefficient (Wildman–Crippen LogP) is 3.28. The third-order valence-electron chi connectivity index (χ3n) is 2.44. The Morgan fingerprint density at radius 3 is 2.80 bits per heavy atom. The van der Waals surface area contributed by atoms with Crippen LogP contribution in [0.1, 0.15) is 12.6 Å². The van der Waals surface area contributed by atoms with Gasteiger partial charge in [0.1, 0.15) is 5.03 Å². The third kappa shape index (κ3) is 3.45. The van der Waals surface area contributed by atoms with Gasteiger partial charge >= 0.3 is 0 Å². The average molecular weight is 290 g/mol. The summed E-state index contributed by atoms with van der Waals surface area (Å²) in [5.74, 6) is 0.536. The van der Waals surface area contributed by atoms with Gasteiger partial charge < -0.3 is 5.32 Å². The van der Waals surface area contributed by atoms with E-state index in [4.69, 9.17) is 0 Å². The van der Waals surface area contributed by atoms with Crippen molar-refractivity contribution in [3.63, 3.8) is 0 Å². The molecule has 0 amide bonds. The number of hydrogen-bond donors (Lipinski definition) is 1. The van der Waals surface area contributed by atoms with Gasteiger partial charge in [0.05, 0.1) is 9.82 Å². The van der Waals surface area contributed by atoms with Crippen LogP contribution in [0.4, 0.5) is 11.6 Å². The first-order valence-corrected chi connectivity index (χ1v) is 6.92. The van der Waals surface area contributed by atoms with E-state index in [0.717, 1.165) is 12.2 Å². The van der Waals surface area contributed by atoms with Crippen molar-refractivity contribution >= 4 is 23.4 Å². The van der Waals surface area contributed by atoms with Crippen molar-refractivity contribution in [3.8, 4) is 0 Å². The van der Waals surface area contributed by atoms with E-state index in [1.807, 2.05) is 19.9 Å². The second-order valence-electron chi connectivity index (χ2n) is 4.03. The molecule has 0 aliphatic rings. The molecule has 1 N–H and O–H groups in total. The first kappa shape index (κ1) is 14.3. The Morgan fingerprint density at radius 1 is 1.35 bits per heavy atom. The highest BCUT2D eigenvalue weighted by molar-refractivity contribution is 7.99. The first-order chi connectivity index (χ1) is 9.60. The van der Waals surface area contributed by atoms with Crippen LogP contribution in [-0.4, -0.2) is 21.4 Å². The lowest BCUT2D eigenvalue weighted by Gasteiger charge is -2.06. The highest BCUT2D eigenvalue weighted by Gasteiger charge is 2.14. The first-order valence-electron chi connectivity index (χ1n) is 6.11. The fourth-order valence-electron chi connectivity index (χ4n) is 1.64. The second kappa shape index (κ2) is 6.33. The Hall–Kier alpha value is -2.15. The van der Waals surface area contributed by atoms with Crippen molar-refractivity contribution in [2.45, 2.75) is 23.8 Å². The normalized spacial score (nSPS) is 10.3. The minimum Gasteiger partial charge on any atom is -0.354 e. The number of para-hydroxylation sites is 1. The topological polar surface area (TPSA) is 81.0 Å². The molecule has 0 saturated heterocycles. The van der Waals surface area contributed by atoms with Gasteiger partial charge in [0.25, 0.3) is 5.69 Å². The lowest BCUT2D eigenvalue weighted by Crippen LogP contribution is -2.03. The monoisotopic (exact) mass is 290 g/mol. The molecule has 1 aromatic carbocycles. The molecule has 1 heterocycles. The molecule has 0 unspecified atom stereocenters. The summed E-state index contributed by atoms with van der Waals surface area (Å²) in [5, 5.41) is 14.7. The molecule has 0 aliphatic carbocycles. The number of nitrogens with zero attached hydrogens (tertiary/aromatic N) is 3. The van der Waals surface area contributed by atoms with Gasteiger partial charge in [-0.05, 0) is 26.0 Å². The van der Waals surface area contributed by atoms with Gasteiger partial charge in [-0.3, -0.25) is 10.1 Å². The van der Waals surface area contributed by atoms with E-state index in [1.165, 1.54) is 17.8 Å². The van der Waals surface area contributed by atoms with Crippen molar-refractivity contribution in [2.75, 3.05) is 11.9 Å². The summed E-state index contributed by atoms with van der Waals surface area (Å²) in [6.45, 7) is 4.55. The maximum Gasteiger partial charge on any atom is 0.283 e. The van der Waals surface area contributed by atoms with Gasteiger partial charge in [-0.1, -0.05) is 23.9 Å². The van der Waals surface area contributed by atoms with E-state index >= 15 is 0 Å². The highest BCUT2D eigenvalue weighted by Crippen LogP contribution is 2.33. The Bertz CT molecular complexity index is 634. The van der Waals surface area contributed by atoms with Crippen LogP contribution in [0.3, 0.4) is 0 Å². The van der Waals surface area contributed by atoms with E-state index in [9.17, 15) is 10.1 Å². The number of nitro benzene ring substituents is 1. The van der Waals surface area contributed by atoms with E-state index in [2.05, 4.69) is 15.3 Å². The van der Waals surface area contributed by atoms with Gasteiger partial charge in [0.2, 0.25) is 5.95 Å². The molecule has 0 spiro atoms. The van der Waals surface area contributed by atoms with E-state index in [1.54, 1.807) is 18.2 Å². The molecule has 0 saturated carbocycles. The molecule has 2 rings (SSSR count). The average Bonchev–Trinajstić information content (AvgIpc) is 2.38. The summed E-state index contributed by atoms with van der Waals surface area (Å²) < 4.78 is 0. The molecular formula is C13H14N4O2S. The fraction of sp³-hybridized carbons (Fsp3) is 0.231. The molecule has 0 bridgehead atoms. The van der Waals surface area contributed by atoms with Crippen LogP contribution in [0.15, 0.2) is 40.3 Å². The lowest BCUT2D eigenvalue weighted by molar-refractivity contribution is -0.387. The zero-order chi connectivity index (χ0) is 14.5. The summed E-state index contributed by atoms with van der Waals surface area (Å²) in [6.07, 6.45) is 0. The molecule has 6 nitrogen and oxygen atoms in total. The molecule has 0 aliphatic heterocycles. The second-order valence-corrected chi connectivity index (χ2v) is 5.09. The van der Waals surface area contributed by atoms with Crippen LogP contribution in [0.2, 0.25) is 0 Å². The van der Waals surface area contributed by atoms with E-state index in [0.29, 0.717) is 15.9 Å². The number of hydrogen-bond acceptors (Lipinski definition) is 6. The summed E-state index contributed by atoms with van der Waals surface area (Å²) in [7, 11) is 0. The van der Waals surface area contributed by atoms with Crippen molar-refractivity contribution in [1.82, 2.24) is 9.97 Å². The Morgan fingerprint density at radius 2 is 2.10 bits per heavy atom. The van der Waals surface area contributed by atoms with Crippen LogP contribution in [-0.2, 0) is 0 Å². The minimum absolute atomic E-state index is 0.0822. The van der Waals surface area contributed by atoms with Crippen LogP contribution in [0.5, 0.6) is 0 Å². The van der Waals surface area contributed by atoms with Gasteiger partial charge in [-0.15, -0.1) is 0 Å².